The molecule has 0 N–H and O–H groups in total. The highest BCUT2D eigenvalue weighted by molar-refractivity contribution is 9.10. The highest BCUT2D eigenvalue weighted by Crippen LogP contribution is 2.31. The molecule has 0 aromatic heterocycles. The maximum atomic E-state index is 3.53. The van der Waals surface area contributed by atoms with Crippen LogP contribution >= 0.6 is 15.9 Å². The summed E-state index contributed by atoms with van der Waals surface area (Å²) in [6, 6.07) is 48.2. The molecule has 0 atom stereocenters. The van der Waals surface area contributed by atoms with Crippen molar-refractivity contribution in [3.05, 3.63) is 144 Å². The van der Waals surface area contributed by atoms with Gasteiger partial charge in [0.05, 0.1) is 0 Å². The molecule has 0 aliphatic carbocycles. The normalized spacial score (nSPS) is 10.1. The Labute approximate surface area is 193 Å². The molecule has 0 nitrogen and oxygen atoms in total. The summed E-state index contributed by atoms with van der Waals surface area (Å²) in [7, 11) is 0. The van der Waals surface area contributed by atoms with E-state index in [0.29, 0.717) is 0 Å². The minimum absolute atomic E-state index is 1.14. The second-order valence-corrected chi connectivity index (χ2v) is 7.98. The minimum atomic E-state index is 1.14. The monoisotopic (exact) mass is 462 g/mol. The molecule has 0 unspecified atom stereocenters. The van der Waals surface area contributed by atoms with Crippen molar-refractivity contribution in [2.75, 3.05) is 0 Å². The van der Waals surface area contributed by atoms with Crippen molar-refractivity contribution >= 4 is 15.9 Å². The van der Waals surface area contributed by atoms with Crippen molar-refractivity contribution in [1.29, 1.82) is 0 Å². The molecule has 150 valence electrons. The van der Waals surface area contributed by atoms with Gasteiger partial charge in [0.25, 0.3) is 0 Å². The Kier molecular flexibility index (Phi) is 7.10. The van der Waals surface area contributed by atoms with E-state index in [4.69, 9.17) is 0 Å². The summed E-state index contributed by atoms with van der Waals surface area (Å²) in [4.78, 5) is 0. The van der Waals surface area contributed by atoms with E-state index in [1.54, 1.807) is 0 Å². The Hall–Kier alpha value is -3.42. The van der Waals surface area contributed by atoms with Crippen molar-refractivity contribution in [2.24, 2.45) is 0 Å². The number of hydrogen-bond donors (Lipinski definition) is 0. The van der Waals surface area contributed by atoms with Gasteiger partial charge in [-0.25, -0.2) is 0 Å². The molecule has 1 heteroatoms. The summed E-state index contributed by atoms with van der Waals surface area (Å²) in [5, 5.41) is 0. The first-order chi connectivity index (χ1) is 15.3. The van der Waals surface area contributed by atoms with Crippen molar-refractivity contribution in [3.63, 3.8) is 0 Å². The largest absolute Gasteiger partial charge is 0.0622 e. The fourth-order valence-electron chi connectivity index (χ4n) is 3.54. The Morgan fingerprint density at radius 1 is 0.290 bits per heavy atom. The summed E-state index contributed by atoms with van der Waals surface area (Å²) in [5.74, 6) is 0. The maximum Gasteiger partial charge on any atom is 0.0253 e. The number of halogens is 1. The molecule has 0 amide bonds. The van der Waals surface area contributed by atoms with Gasteiger partial charge in [-0.15, -0.1) is 0 Å². The molecule has 31 heavy (non-hydrogen) atoms. The molecule has 0 radical (unpaired) electrons. The van der Waals surface area contributed by atoms with E-state index in [1.807, 2.05) is 18.2 Å². The predicted molar refractivity (Wildman–Crippen MR) is 137 cm³/mol. The zero-order valence-electron chi connectivity index (χ0n) is 17.2. The third-order valence-corrected chi connectivity index (χ3v) is 5.75. The third-order valence-electron chi connectivity index (χ3n) is 5.06. The van der Waals surface area contributed by atoms with Crippen molar-refractivity contribution in [2.45, 2.75) is 0 Å². The van der Waals surface area contributed by atoms with E-state index in [-0.39, 0.29) is 0 Å². The first-order valence-electron chi connectivity index (χ1n) is 10.3. The second-order valence-electron chi connectivity index (χ2n) is 7.12. The zero-order chi connectivity index (χ0) is 21.3. The molecular weight excluding hydrogens is 440 g/mol. The quantitative estimate of drug-likeness (QED) is 0.250. The SMILES string of the molecule is Brc1ccccc1-c1ccccc1.c1ccc(-c2ccccc2-c2ccccc2)cc1. The van der Waals surface area contributed by atoms with Gasteiger partial charge < -0.3 is 0 Å². The molecule has 0 aliphatic rings. The standard InChI is InChI=1S/C18H14.C12H9Br/c1-3-9-15(10-4-1)17-13-7-8-14-18(17)16-11-5-2-6-12-16;13-12-9-5-4-8-11(12)10-6-2-1-3-7-10/h1-14H;1-9H. The van der Waals surface area contributed by atoms with Crippen LogP contribution in [0.15, 0.2) is 144 Å². The molecule has 5 aromatic carbocycles. The average Bonchev–Trinajstić information content (AvgIpc) is 2.86. The Morgan fingerprint density at radius 3 is 0.968 bits per heavy atom. The lowest BCUT2D eigenvalue weighted by atomic mass is 9.95. The number of benzene rings is 5. The van der Waals surface area contributed by atoms with Gasteiger partial charge in [-0.3, -0.25) is 0 Å². The van der Waals surface area contributed by atoms with Gasteiger partial charge in [-0.2, -0.15) is 0 Å². The van der Waals surface area contributed by atoms with Gasteiger partial charge >= 0.3 is 0 Å². The van der Waals surface area contributed by atoms with Crippen LogP contribution < -0.4 is 0 Å². The van der Waals surface area contributed by atoms with E-state index in [2.05, 4.69) is 137 Å². The van der Waals surface area contributed by atoms with Gasteiger partial charge in [0.1, 0.15) is 0 Å². The van der Waals surface area contributed by atoms with Crippen molar-refractivity contribution < 1.29 is 0 Å². The molecule has 0 spiro atoms. The van der Waals surface area contributed by atoms with E-state index in [0.717, 1.165) is 4.47 Å². The molecule has 0 bridgehead atoms. The van der Waals surface area contributed by atoms with Gasteiger partial charge in [0.2, 0.25) is 0 Å². The van der Waals surface area contributed by atoms with Crippen LogP contribution in [0.4, 0.5) is 0 Å². The lowest BCUT2D eigenvalue weighted by molar-refractivity contribution is 1.58. The highest BCUT2D eigenvalue weighted by Gasteiger charge is 2.05. The number of hydrogen-bond acceptors (Lipinski definition) is 0. The van der Waals surface area contributed by atoms with Crippen LogP contribution in [-0.4, -0.2) is 0 Å². The van der Waals surface area contributed by atoms with Crippen LogP contribution in [-0.2, 0) is 0 Å². The number of rotatable bonds is 3. The van der Waals surface area contributed by atoms with Crippen molar-refractivity contribution in [3.8, 4) is 33.4 Å². The van der Waals surface area contributed by atoms with Crippen LogP contribution in [0.5, 0.6) is 0 Å². The molecule has 0 aliphatic heterocycles. The molecule has 5 rings (SSSR count). The fraction of sp³-hybridized carbons (Fsp3) is 0. The van der Waals surface area contributed by atoms with Gasteiger partial charge in [-0.05, 0) is 39.4 Å². The van der Waals surface area contributed by atoms with E-state index >= 15 is 0 Å². The van der Waals surface area contributed by atoms with E-state index < -0.39 is 0 Å². The molecule has 0 heterocycles. The molecule has 0 fully saturated rings. The van der Waals surface area contributed by atoms with Crippen LogP contribution in [0, 0.1) is 0 Å². The average molecular weight is 463 g/mol. The Morgan fingerprint density at radius 2 is 0.581 bits per heavy atom. The zero-order valence-corrected chi connectivity index (χ0v) is 18.7. The van der Waals surface area contributed by atoms with Gasteiger partial charge in [-0.1, -0.05) is 149 Å². The first kappa shape index (κ1) is 20.8. The summed E-state index contributed by atoms with van der Waals surface area (Å²) in [6.07, 6.45) is 0. The van der Waals surface area contributed by atoms with Crippen molar-refractivity contribution in [1.82, 2.24) is 0 Å². The van der Waals surface area contributed by atoms with Crippen LogP contribution in [0.1, 0.15) is 0 Å². The maximum absolute atomic E-state index is 3.53. The lowest BCUT2D eigenvalue weighted by Crippen LogP contribution is -1.83. The third kappa shape index (κ3) is 5.39. The highest BCUT2D eigenvalue weighted by atomic mass is 79.9. The van der Waals surface area contributed by atoms with Crippen LogP contribution in [0.25, 0.3) is 33.4 Å². The lowest BCUT2D eigenvalue weighted by Gasteiger charge is -2.09. The summed E-state index contributed by atoms with van der Waals surface area (Å²) in [5.41, 5.74) is 7.57. The van der Waals surface area contributed by atoms with E-state index in [1.165, 1.54) is 33.4 Å². The Balaban J connectivity index is 0.000000158. The van der Waals surface area contributed by atoms with Crippen LogP contribution in [0.3, 0.4) is 0 Å². The predicted octanol–water partition coefficient (Wildman–Crippen LogP) is 9.14. The van der Waals surface area contributed by atoms with Gasteiger partial charge in [0, 0.05) is 4.47 Å². The summed E-state index contributed by atoms with van der Waals surface area (Å²) in [6.45, 7) is 0. The molecule has 0 saturated carbocycles. The molecular formula is C30H23Br. The summed E-state index contributed by atoms with van der Waals surface area (Å²) < 4.78 is 1.14. The van der Waals surface area contributed by atoms with E-state index in [9.17, 15) is 0 Å². The topological polar surface area (TPSA) is 0 Å². The molecule has 5 aromatic rings. The smallest absolute Gasteiger partial charge is 0.0253 e. The summed E-state index contributed by atoms with van der Waals surface area (Å²) >= 11 is 3.53. The minimum Gasteiger partial charge on any atom is -0.0622 e. The molecule has 0 saturated heterocycles. The van der Waals surface area contributed by atoms with Gasteiger partial charge in [0.15, 0.2) is 0 Å². The first-order valence-corrected chi connectivity index (χ1v) is 11.1. The fourth-order valence-corrected chi connectivity index (χ4v) is 4.05. The Bertz CT molecular complexity index is 1150. The van der Waals surface area contributed by atoms with Crippen LogP contribution in [0.2, 0.25) is 0 Å². The second kappa shape index (κ2) is 10.6.